The van der Waals surface area contributed by atoms with Crippen LogP contribution in [0.3, 0.4) is 0 Å². The van der Waals surface area contributed by atoms with E-state index >= 15 is 0 Å². The van der Waals surface area contributed by atoms with Crippen LogP contribution in [-0.2, 0) is 17.8 Å². The zero-order chi connectivity index (χ0) is 13.1. The molecular formula is C15H24N2O2. The van der Waals surface area contributed by atoms with Gasteiger partial charge in [0, 0.05) is 24.7 Å². The fourth-order valence-electron chi connectivity index (χ4n) is 3.31. The van der Waals surface area contributed by atoms with Gasteiger partial charge in [-0.05, 0) is 31.9 Å². The van der Waals surface area contributed by atoms with Crippen LogP contribution in [0.5, 0.6) is 0 Å². The number of ether oxygens (including phenoxy) is 1. The number of nitrogens with zero attached hydrogens (tertiary/aromatic N) is 1. The second-order valence-electron chi connectivity index (χ2n) is 5.53. The highest BCUT2D eigenvalue weighted by Crippen LogP contribution is 2.31. The van der Waals surface area contributed by atoms with Gasteiger partial charge in [-0.25, -0.2) is 0 Å². The van der Waals surface area contributed by atoms with Gasteiger partial charge in [0.05, 0.1) is 25.5 Å². The van der Waals surface area contributed by atoms with E-state index in [1.54, 1.807) is 0 Å². The lowest BCUT2D eigenvalue weighted by atomic mass is 10.1. The van der Waals surface area contributed by atoms with E-state index in [9.17, 15) is 0 Å². The van der Waals surface area contributed by atoms with E-state index in [-0.39, 0.29) is 0 Å². The Kier molecular flexibility index (Phi) is 4.21. The summed E-state index contributed by atoms with van der Waals surface area (Å²) in [4.78, 5) is 2.55. The van der Waals surface area contributed by atoms with Gasteiger partial charge < -0.3 is 14.5 Å². The molecule has 1 N–H and O–H groups in total. The summed E-state index contributed by atoms with van der Waals surface area (Å²) < 4.78 is 11.6. The van der Waals surface area contributed by atoms with Crippen molar-refractivity contribution in [1.29, 1.82) is 0 Å². The number of nitrogens with one attached hydrogen (secondary N) is 1. The minimum atomic E-state index is 0.459. The Bertz CT molecular complexity index is 405. The van der Waals surface area contributed by atoms with Crippen LogP contribution in [0.2, 0.25) is 0 Å². The zero-order valence-electron chi connectivity index (χ0n) is 11.7. The Morgan fingerprint density at radius 3 is 3.26 bits per heavy atom. The molecule has 0 spiro atoms. The lowest BCUT2D eigenvalue weighted by molar-refractivity contribution is -0.0607. The Morgan fingerprint density at radius 1 is 1.42 bits per heavy atom. The second kappa shape index (κ2) is 6.07. The highest BCUT2D eigenvalue weighted by Gasteiger charge is 2.36. The van der Waals surface area contributed by atoms with Crippen molar-refractivity contribution < 1.29 is 9.15 Å². The number of hydrogen-bond acceptors (Lipinski definition) is 4. The molecule has 1 aromatic rings. The fourth-order valence-corrected chi connectivity index (χ4v) is 3.31. The molecule has 1 saturated heterocycles. The minimum Gasteiger partial charge on any atom is -0.468 e. The van der Waals surface area contributed by atoms with Crippen molar-refractivity contribution in [2.45, 2.75) is 51.4 Å². The first kappa shape index (κ1) is 13.2. The van der Waals surface area contributed by atoms with Gasteiger partial charge in [0.2, 0.25) is 0 Å². The number of hydrogen-bond donors (Lipinski definition) is 1. The first-order valence-electron chi connectivity index (χ1n) is 7.50. The maximum absolute atomic E-state index is 5.86. The van der Waals surface area contributed by atoms with E-state index in [4.69, 9.17) is 9.15 Å². The molecular weight excluding hydrogens is 240 g/mol. The standard InChI is InChI=1S/C15H24N2O2/c1-2-16-10-12-6-8-18-15(12)11-17-7-9-19-14-5-3-4-13(14)17/h6,8,13-14,16H,2-5,7,9-11H2,1H3. The van der Waals surface area contributed by atoms with Crippen molar-refractivity contribution in [2.75, 3.05) is 19.7 Å². The first-order chi connectivity index (χ1) is 9.38. The van der Waals surface area contributed by atoms with Crippen molar-refractivity contribution >= 4 is 0 Å². The molecule has 0 radical (unpaired) electrons. The van der Waals surface area contributed by atoms with Crippen molar-refractivity contribution in [3.8, 4) is 0 Å². The molecule has 2 unspecified atom stereocenters. The van der Waals surface area contributed by atoms with Crippen molar-refractivity contribution in [1.82, 2.24) is 10.2 Å². The molecule has 2 atom stereocenters. The SMILES string of the molecule is CCNCc1ccoc1CN1CCOC2CCCC21. The van der Waals surface area contributed by atoms with E-state index in [0.29, 0.717) is 12.1 Å². The summed E-state index contributed by atoms with van der Waals surface area (Å²) in [5.74, 6) is 1.12. The predicted octanol–water partition coefficient (Wildman–Crippen LogP) is 2.14. The number of fused-ring (bicyclic) bond motifs is 1. The number of rotatable bonds is 5. The first-order valence-corrected chi connectivity index (χ1v) is 7.50. The molecule has 1 aliphatic heterocycles. The lowest BCUT2D eigenvalue weighted by Gasteiger charge is -2.37. The smallest absolute Gasteiger partial charge is 0.122 e. The number of furan rings is 1. The van der Waals surface area contributed by atoms with E-state index in [0.717, 1.165) is 38.5 Å². The average Bonchev–Trinajstić information content (AvgIpc) is 3.05. The van der Waals surface area contributed by atoms with Crippen molar-refractivity contribution in [3.05, 3.63) is 23.7 Å². The van der Waals surface area contributed by atoms with Crippen molar-refractivity contribution in [3.63, 3.8) is 0 Å². The molecule has 1 aromatic heterocycles. The summed E-state index contributed by atoms with van der Waals surface area (Å²) in [6.45, 7) is 6.85. The Hall–Kier alpha value is -0.840. The maximum Gasteiger partial charge on any atom is 0.122 e. The molecule has 0 amide bonds. The molecule has 106 valence electrons. The van der Waals surface area contributed by atoms with Crippen LogP contribution in [0.4, 0.5) is 0 Å². The van der Waals surface area contributed by atoms with E-state index in [1.165, 1.54) is 24.8 Å². The van der Waals surface area contributed by atoms with E-state index in [2.05, 4.69) is 23.2 Å². The maximum atomic E-state index is 5.86. The summed E-state index contributed by atoms with van der Waals surface area (Å²) in [7, 11) is 0. The van der Waals surface area contributed by atoms with Crippen LogP contribution >= 0.6 is 0 Å². The summed E-state index contributed by atoms with van der Waals surface area (Å²) in [6, 6.07) is 2.69. The molecule has 4 nitrogen and oxygen atoms in total. The van der Waals surface area contributed by atoms with E-state index < -0.39 is 0 Å². The Labute approximate surface area is 115 Å². The number of morpholine rings is 1. The van der Waals surface area contributed by atoms with Crippen molar-refractivity contribution in [2.24, 2.45) is 0 Å². The highest BCUT2D eigenvalue weighted by atomic mass is 16.5. The third-order valence-corrected chi connectivity index (χ3v) is 4.35. The molecule has 2 heterocycles. The second-order valence-corrected chi connectivity index (χ2v) is 5.53. The predicted molar refractivity (Wildman–Crippen MR) is 73.9 cm³/mol. The largest absolute Gasteiger partial charge is 0.468 e. The van der Waals surface area contributed by atoms with Crippen LogP contribution in [0.25, 0.3) is 0 Å². The molecule has 1 aliphatic carbocycles. The van der Waals surface area contributed by atoms with Crippen LogP contribution in [-0.4, -0.2) is 36.7 Å². The normalized spacial score (nSPS) is 27.6. The zero-order valence-corrected chi connectivity index (χ0v) is 11.7. The highest BCUT2D eigenvalue weighted by molar-refractivity contribution is 5.17. The third kappa shape index (κ3) is 2.86. The van der Waals surface area contributed by atoms with Gasteiger partial charge in [-0.1, -0.05) is 6.92 Å². The molecule has 2 aliphatic rings. The van der Waals surface area contributed by atoms with Gasteiger partial charge in [-0.3, -0.25) is 4.90 Å². The quantitative estimate of drug-likeness (QED) is 0.884. The topological polar surface area (TPSA) is 37.6 Å². The molecule has 0 bridgehead atoms. The van der Waals surface area contributed by atoms with Gasteiger partial charge in [-0.2, -0.15) is 0 Å². The summed E-state index contributed by atoms with van der Waals surface area (Å²) in [6.07, 6.45) is 6.07. The van der Waals surface area contributed by atoms with Gasteiger partial charge in [-0.15, -0.1) is 0 Å². The van der Waals surface area contributed by atoms with Crippen LogP contribution in [0.1, 0.15) is 37.5 Å². The molecule has 19 heavy (non-hydrogen) atoms. The summed E-state index contributed by atoms with van der Waals surface area (Å²) >= 11 is 0. The lowest BCUT2D eigenvalue weighted by Crippen LogP contribution is -2.47. The molecule has 0 aromatic carbocycles. The average molecular weight is 264 g/mol. The summed E-state index contributed by atoms with van der Waals surface area (Å²) in [5.41, 5.74) is 1.29. The monoisotopic (exact) mass is 264 g/mol. The van der Waals surface area contributed by atoms with Gasteiger partial charge in [0.1, 0.15) is 5.76 Å². The fraction of sp³-hybridized carbons (Fsp3) is 0.733. The van der Waals surface area contributed by atoms with Crippen LogP contribution in [0.15, 0.2) is 16.7 Å². The minimum absolute atomic E-state index is 0.459. The third-order valence-electron chi connectivity index (χ3n) is 4.35. The molecule has 1 saturated carbocycles. The van der Waals surface area contributed by atoms with Gasteiger partial charge in [0.25, 0.3) is 0 Å². The molecule has 2 fully saturated rings. The molecule has 4 heteroatoms. The van der Waals surface area contributed by atoms with Crippen LogP contribution in [0, 0.1) is 0 Å². The van der Waals surface area contributed by atoms with E-state index in [1.807, 2.05) is 6.26 Å². The van der Waals surface area contributed by atoms with Crippen LogP contribution < -0.4 is 5.32 Å². The Morgan fingerprint density at radius 2 is 2.37 bits per heavy atom. The molecule has 3 rings (SSSR count). The Balaban J connectivity index is 1.65. The van der Waals surface area contributed by atoms with Gasteiger partial charge in [0.15, 0.2) is 0 Å². The van der Waals surface area contributed by atoms with Gasteiger partial charge >= 0.3 is 0 Å². The summed E-state index contributed by atoms with van der Waals surface area (Å²) in [5, 5.41) is 3.37.